The third kappa shape index (κ3) is 28.1. The number of aryl methyl sites for hydroxylation is 2. The average Bonchev–Trinajstić information content (AvgIpc) is 1.61. The highest BCUT2D eigenvalue weighted by Gasteiger charge is 2.44. The molecule has 0 bridgehead atoms. The number of rotatable bonds is 34. The standard InChI is InChI=1S/C27H36BNO4.C24H30BNO4.C21H23BN2O5.C19H17BO6.C15H14BNO5/c1-17(2)9-10-20-13-21(11-12-23(20)16-29-18(3)4)26(31)15-24-14-22-7-6-8-25(19(5)30)27(22)33-28(24)32;1-15(2)7-8-17-11-18(9-10-20(17)14-26)23(28)13-21-12-19-5-4-6-22(16(3)27)24(19)30-25(21)29;1-13(25)16-8-4-5-14-11-15(22(28)29-20(14)16)12-19(26)17-6-2-3-7-18(17)21(27)24-10-9-23;1-11(21)14-8-4-5-12-9-13(20(25)26-18(12)14)10-17(22)15-6-2-3-7-16(15)19(23)24;1-9(18)12-4-2-3-10-5-11(16(20)22-15(10)12)6-13(19)14-7-17-8-21-14/h6-8,11-13,17-18,24,29,32H,9-10,14-16H2,1-5H3;4-6,9-11,15,21,29H,7-8,12-14,26H2,1-3H3;2-8,15,28H,9-12,23H2,1H3,(H,24,27);2-8,13,25H,9-10H2,1H3,(H,23,24);2-4,7-8,11,20H,5-6H2,1H3/t24-;21-;15-;13-;11-/m11111/s1. The van der Waals surface area contributed by atoms with Crippen LogP contribution >= 0.6 is 0 Å². The predicted octanol–water partition coefficient (Wildman–Crippen LogP) is 15.2. The number of fused-ring (bicyclic) bond motifs is 5. The number of benzene rings is 9. The summed E-state index contributed by atoms with van der Waals surface area (Å²) in [6.45, 7) is 22.1. The van der Waals surface area contributed by atoms with Gasteiger partial charge in [-0.05, 0) is 209 Å². The molecule has 5 aliphatic rings. The van der Waals surface area contributed by atoms with Crippen LogP contribution in [0.5, 0.6) is 28.7 Å². The molecule has 0 spiro atoms. The van der Waals surface area contributed by atoms with Gasteiger partial charge in [0.15, 0.2) is 70.0 Å². The third-order valence-corrected chi connectivity index (χ3v) is 25.3. The summed E-state index contributed by atoms with van der Waals surface area (Å²) in [6.07, 6.45) is 9.06. The van der Waals surface area contributed by atoms with Gasteiger partial charge in [-0.25, -0.2) is 9.78 Å². The second-order valence-electron chi connectivity index (χ2n) is 37.1. The first-order valence-corrected chi connectivity index (χ1v) is 47.3. The highest BCUT2D eigenvalue weighted by Crippen LogP contribution is 2.44. The van der Waals surface area contributed by atoms with Crippen LogP contribution in [0.1, 0.15) is 296 Å². The minimum absolute atomic E-state index is 0.00277. The van der Waals surface area contributed by atoms with Crippen molar-refractivity contribution in [3.63, 3.8) is 0 Å². The number of hydrogen-bond acceptors (Lipinski definition) is 27. The Bertz CT molecular complexity index is 6210. The smallest absolute Gasteiger partial charge is 0.526 e. The minimum Gasteiger partial charge on any atom is -0.535 e. The summed E-state index contributed by atoms with van der Waals surface area (Å²) < 4.78 is 32.9. The van der Waals surface area contributed by atoms with E-state index in [9.17, 15) is 87.8 Å². The Morgan fingerprint density at radius 3 is 0.993 bits per heavy atom. The number of aromatic carboxylic acids is 1. The van der Waals surface area contributed by atoms with Gasteiger partial charge < -0.3 is 80.0 Å². The van der Waals surface area contributed by atoms with E-state index in [-0.39, 0.29) is 135 Å². The fraction of sp³-hybridized carbons (Fsp3) is 0.349. The Morgan fingerprint density at radius 1 is 0.379 bits per heavy atom. The zero-order valence-corrected chi connectivity index (χ0v) is 80.8. The molecule has 34 heteroatoms. The van der Waals surface area contributed by atoms with E-state index in [1.807, 2.05) is 66.7 Å². The Balaban J connectivity index is 0.000000168. The Labute approximate surface area is 816 Å². The van der Waals surface area contributed by atoms with Crippen LogP contribution in [0, 0.1) is 11.8 Å². The monoisotopic (exact) mass is 1900 g/mol. The number of oxazole rings is 1. The van der Waals surface area contributed by atoms with E-state index < -0.39 is 59.0 Å². The molecule has 0 radical (unpaired) electrons. The summed E-state index contributed by atoms with van der Waals surface area (Å²) in [6, 6.07) is 51.1. The quantitative estimate of drug-likeness (QED) is 0.0132. The molecule has 29 nitrogen and oxygen atoms in total. The first-order valence-electron chi connectivity index (χ1n) is 47.3. The lowest BCUT2D eigenvalue weighted by atomic mass is 9.64. The van der Waals surface area contributed by atoms with Crippen LogP contribution in [-0.2, 0) is 58.0 Å². The molecule has 0 unspecified atom stereocenters. The summed E-state index contributed by atoms with van der Waals surface area (Å²) in [4.78, 5) is 150. The SMILES string of the molecule is CC(=O)c1cccc2c1OB(O)[C@@H](CC(=O)c1ccc(CN)c(CCC(C)C)c1)C2.CC(=O)c1cccc2c1OB(O)[C@@H](CC(=O)c1ccc(CNC(C)C)c(CCC(C)C)c1)C2.CC(=O)c1cccc2c1OB(O)[C@@H](CC(=O)c1ccccc1C(=O)NCCN)C2.CC(=O)c1cccc2c1OB(O)[C@@H](CC(=O)c1ccccc1C(=O)O)C2.CC(=O)c1cccc2c1OB(O)[C@@H](CC(=O)c1cnco1)C2. The van der Waals surface area contributed by atoms with Crippen molar-refractivity contribution in [2.75, 3.05) is 13.1 Å². The van der Waals surface area contributed by atoms with E-state index in [1.54, 1.807) is 91.0 Å². The van der Waals surface area contributed by atoms with Crippen LogP contribution in [0.2, 0.25) is 29.1 Å². The lowest BCUT2D eigenvalue weighted by Gasteiger charge is -2.28. The Hall–Kier alpha value is -13.2. The fourth-order valence-electron chi connectivity index (χ4n) is 17.5. The normalized spacial score (nSPS) is 15.8. The van der Waals surface area contributed by atoms with E-state index in [1.165, 1.54) is 70.5 Å². The first kappa shape index (κ1) is 107. The number of hydrogen-bond donors (Lipinski definition) is 10. The minimum atomic E-state index is -1.25. The van der Waals surface area contributed by atoms with Crippen LogP contribution in [-0.4, -0.2) is 160 Å². The number of nitrogens with zero attached hydrogens (tertiary/aromatic N) is 1. The molecule has 9 aromatic carbocycles. The van der Waals surface area contributed by atoms with E-state index in [0.29, 0.717) is 137 Å². The van der Waals surface area contributed by atoms with Crippen molar-refractivity contribution in [1.82, 2.24) is 15.6 Å². The number of nitrogens with one attached hydrogen (secondary N) is 2. The number of ketones is 10. The highest BCUT2D eigenvalue weighted by molar-refractivity contribution is 6.49. The fourth-order valence-corrected chi connectivity index (χ4v) is 17.5. The molecule has 5 atom stereocenters. The van der Waals surface area contributed by atoms with Crippen molar-refractivity contribution >= 4 is 105 Å². The van der Waals surface area contributed by atoms with Gasteiger partial charge in [0.25, 0.3) is 5.91 Å². The van der Waals surface area contributed by atoms with Crippen LogP contribution < -0.4 is 45.4 Å². The van der Waals surface area contributed by atoms with Crippen molar-refractivity contribution in [3.05, 3.63) is 306 Å². The summed E-state index contributed by atoms with van der Waals surface area (Å²) in [5.41, 5.74) is 24.0. The van der Waals surface area contributed by atoms with Crippen molar-refractivity contribution in [2.45, 2.75) is 214 Å². The molecule has 1 amide bonds. The molecule has 140 heavy (non-hydrogen) atoms. The maximum atomic E-state index is 13.2. The van der Waals surface area contributed by atoms with Gasteiger partial charge in [0.2, 0.25) is 0 Å². The van der Waals surface area contributed by atoms with Gasteiger partial charge in [0, 0.05) is 116 Å². The van der Waals surface area contributed by atoms with Crippen LogP contribution in [0.3, 0.4) is 0 Å². The van der Waals surface area contributed by atoms with Gasteiger partial charge >= 0.3 is 41.6 Å². The number of amides is 1. The third-order valence-electron chi connectivity index (χ3n) is 25.3. The molecule has 0 aliphatic carbocycles. The average molecular weight is 1900 g/mol. The van der Waals surface area contributed by atoms with Gasteiger partial charge in [-0.15, -0.1) is 0 Å². The van der Waals surface area contributed by atoms with Gasteiger partial charge in [0.1, 0.15) is 28.7 Å². The van der Waals surface area contributed by atoms with E-state index >= 15 is 0 Å². The van der Waals surface area contributed by atoms with Gasteiger partial charge in [0.05, 0.1) is 45.1 Å². The molecule has 15 rings (SSSR count). The second kappa shape index (κ2) is 50.1. The molecule has 6 heterocycles. The number of Topliss-reactive ketones (excluding diaryl/α,β-unsaturated/α-hetero) is 10. The molecule has 12 N–H and O–H groups in total. The molecule has 0 fully saturated rings. The number of aromatic nitrogens is 1. The van der Waals surface area contributed by atoms with Gasteiger partial charge in [-0.1, -0.05) is 163 Å². The van der Waals surface area contributed by atoms with Crippen molar-refractivity contribution < 1.29 is 115 Å². The maximum absolute atomic E-state index is 13.2. The highest BCUT2D eigenvalue weighted by atomic mass is 16.5. The summed E-state index contributed by atoms with van der Waals surface area (Å²) in [5.74, 6) is -1.89. The van der Waals surface area contributed by atoms with E-state index in [4.69, 9.17) is 39.2 Å². The van der Waals surface area contributed by atoms with Gasteiger partial charge in [-0.3, -0.25) is 52.7 Å². The molecule has 1 aromatic heterocycles. The van der Waals surface area contributed by atoms with Crippen molar-refractivity contribution in [1.29, 1.82) is 0 Å². The van der Waals surface area contributed by atoms with Crippen LogP contribution in [0.4, 0.5) is 0 Å². The molecule has 10 aromatic rings. The number of carboxylic acid groups (broad SMARTS) is 1. The Morgan fingerprint density at radius 2 is 0.686 bits per heavy atom. The molecule has 0 saturated heterocycles. The molecule has 728 valence electrons. The molecule has 0 saturated carbocycles. The topological polar surface area (TPSA) is 474 Å². The van der Waals surface area contributed by atoms with Crippen LogP contribution in [0.25, 0.3) is 0 Å². The lowest BCUT2D eigenvalue weighted by molar-refractivity contribution is 0.0689. The molecule has 5 aliphatic heterocycles. The first-order chi connectivity index (χ1) is 66.8. The molecular weight excluding hydrogens is 1780 g/mol. The zero-order chi connectivity index (χ0) is 101. The summed E-state index contributed by atoms with van der Waals surface area (Å²) >= 11 is 0. The number of para-hydroxylation sites is 5. The number of carboxylic acids is 1. The molecular formula is C106H120B5N5O24. The van der Waals surface area contributed by atoms with E-state index in [2.05, 4.69) is 63.2 Å². The van der Waals surface area contributed by atoms with E-state index in [0.717, 1.165) is 71.2 Å². The number of carbonyl (C=O) groups excluding carboxylic acids is 11. The predicted molar refractivity (Wildman–Crippen MR) is 534 cm³/mol. The van der Waals surface area contributed by atoms with Crippen molar-refractivity contribution in [2.24, 2.45) is 23.3 Å². The summed E-state index contributed by atoms with van der Waals surface area (Å²) in [5, 5.41) is 67.3. The number of nitrogens with two attached hydrogens (primary N) is 2. The van der Waals surface area contributed by atoms with Gasteiger partial charge in [-0.2, -0.15) is 0 Å². The number of carbonyl (C=O) groups is 12. The Kier molecular flexibility index (Phi) is 38.4. The van der Waals surface area contributed by atoms with Crippen molar-refractivity contribution in [3.8, 4) is 28.7 Å². The van der Waals surface area contributed by atoms with Crippen LogP contribution in [0.15, 0.2) is 193 Å². The second-order valence-corrected chi connectivity index (χ2v) is 37.1. The summed E-state index contributed by atoms with van der Waals surface area (Å²) in [7, 11) is -5.84. The maximum Gasteiger partial charge on any atom is 0.526 e. The zero-order valence-electron chi connectivity index (χ0n) is 80.8. The largest absolute Gasteiger partial charge is 0.535 e. The lowest BCUT2D eigenvalue weighted by Crippen LogP contribution is -2.36.